The van der Waals surface area contributed by atoms with Gasteiger partial charge in [0.25, 0.3) is 54.5 Å². The molecule has 1 aromatic heterocycles. The van der Waals surface area contributed by atoms with Gasteiger partial charge in [-0.15, -0.1) is 26.3 Å². The SMILES string of the molecule is N#COc1nc(OC#N)c(OC#N)c(OC#N)c1OC#N. The van der Waals surface area contributed by atoms with E-state index in [9.17, 15) is 0 Å². The summed E-state index contributed by atoms with van der Waals surface area (Å²) in [5.74, 6) is -3.14. The third-order valence-corrected chi connectivity index (χ3v) is 1.73. The van der Waals surface area contributed by atoms with Crippen molar-refractivity contribution in [3.63, 3.8) is 0 Å². The summed E-state index contributed by atoms with van der Waals surface area (Å²) in [6.45, 7) is 0. The van der Waals surface area contributed by atoms with Gasteiger partial charge in [0.2, 0.25) is 5.75 Å². The molecule has 0 spiro atoms. The van der Waals surface area contributed by atoms with E-state index >= 15 is 0 Å². The minimum absolute atomic E-state index is 0.615. The second-order valence-corrected chi connectivity index (χ2v) is 2.68. The van der Waals surface area contributed by atoms with Crippen molar-refractivity contribution < 1.29 is 23.7 Å². The van der Waals surface area contributed by atoms with E-state index in [2.05, 4.69) is 28.7 Å². The van der Waals surface area contributed by atoms with E-state index in [-0.39, 0.29) is 0 Å². The lowest BCUT2D eigenvalue weighted by Crippen LogP contribution is -2.02. The lowest BCUT2D eigenvalue weighted by molar-refractivity contribution is 0.354. The predicted molar refractivity (Wildman–Crippen MR) is 55.4 cm³/mol. The fourth-order valence-electron chi connectivity index (χ4n) is 1.13. The fraction of sp³-hybridized carbons (Fsp3) is 0. The van der Waals surface area contributed by atoms with Gasteiger partial charge < -0.3 is 23.7 Å². The van der Waals surface area contributed by atoms with E-state index in [4.69, 9.17) is 26.3 Å². The lowest BCUT2D eigenvalue weighted by Gasteiger charge is -2.10. The molecule has 0 saturated carbocycles. The second kappa shape index (κ2) is 7.13. The van der Waals surface area contributed by atoms with Gasteiger partial charge in [0.1, 0.15) is 0 Å². The van der Waals surface area contributed by atoms with Crippen LogP contribution in [0.2, 0.25) is 0 Å². The highest BCUT2D eigenvalue weighted by atomic mass is 16.6. The second-order valence-electron chi connectivity index (χ2n) is 2.68. The molecule has 0 unspecified atom stereocenters. The van der Waals surface area contributed by atoms with Gasteiger partial charge in [0, 0.05) is 0 Å². The van der Waals surface area contributed by atoms with Gasteiger partial charge in [-0.05, 0) is 0 Å². The maximum absolute atomic E-state index is 8.57. The van der Waals surface area contributed by atoms with Gasteiger partial charge >= 0.3 is 0 Å². The Morgan fingerprint density at radius 2 is 0.857 bits per heavy atom. The molecule has 0 saturated heterocycles. The molecule has 100 valence electrons. The Morgan fingerprint density at radius 3 is 1.19 bits per heavy atom. The summed E-state index contributed by atoms with van der Waals surface area (Å²) < 4.78 is 22.2. The van der Waals surface area contributed by atoms with E-state index in [1.165, 1.54) is 31.3 Å². The molecule has 21 heavy (non-hydrogen) atoms. The topological polar surface area (TPSA) is 178 Å². The van der Waals surface area contributed by atoms with Crippen LogP contribution in [0.15, 0.2) is 0 Å². The van der Waals surface area contributed by atoms with Gasteiger partial charge in [-0.1, -0.05) is 0 Å². The minimum atomic E-state index is -0.639. The van der Waals surface area contributed by atoms with Crippen LogP contribution in [0.1, 0.15) is 0 Å². The zero-order valence-electron chi connectivity index (χ0n) is 9.72. The smallest absolute Gasteiger partial charge is 0.294 e. The molecule has 0 aliphatic rings. The minimum Gasteiger partial charge on any atom is -0.379 e. The summed E-state index contributed by atoms with van der Waals surface area (Å²) in [4.78, 5) is 3.50. The summed E-state index contributed by atoms with van der Waals surface area (Å²) in [5, 5.41) is 42.6. The molecule has 11 nitrogen and oxygen atoms in total. The lowest BCUT2D eigenvalue weighted by atomic mass is 10.3. The molecular formula is C10N6O5. The Balaban J connectivity index is 3.68. The van der Waals surface area contributed by atoms with Crippen LogP contribution in [0.25, 0.3) is 0 Å². The Morgan fingerprint density at radius 1 is 0.524 bits per heavy atom. The molecular weight excluding hydrogens is 284 g/mol. The molecule has 0 aromatic carbocycles. The molecule has 0 aliphatic carbocycles. The van der Waals surface area contributed by atoms with Gasteiger partial charge in [-0.2, -0.15) is 4.98 Å². The maximum atomic E-state index is 8.57. The highest BCUT2D eigenvalue weighted by Gasteiger charge is 2.28. The van der Waals surface area contributed by atoms with Crippen LogP contribution in [-0.4, -0.2) is 4.98 Å². The van der Waals surface area contributed by atoms with Crippen LogP contribution in [-0.2, 0) is 0 Å². The molecule has 1 heterocycles. The van der Waals surface area contributed by atoms with Gasteiger partial charge in [0.15, 0.2) is 0 Å². The predicted octanol–water partition coefficient (Wildman–Crippen LogP) is 0.381. The number of nitriles is 5. The number of hydrogen-bond acceptors (Lipinski definition) is 11. The number of nitrogens with zero attached hydrogens (tertiary/aromatic N) is 6. The highest BCUT2D eigenvalue weighted by molar-refractivity contribution is 5.62. The average Bonchev–Trinajstić information content (AvgIpc) is 2.47. The van der Waals surface area contributed by atoms with Crippen molar-refractivity contribution in [3.8, 4) is 60.3 Å². The largest absolute Gasteiger partial charge is 0.379 e. The monoisotopic (exact) mass is 284 g/mol. The molecule has 0 radical (unpaired) electrons. The van der Waals surface area contributed by atoms with E-state index in [0.29, 0.717) is 0 Å². The molecule has 0 aliphatic heterocycles. The van der Waals surface area contributed by atoms with Crippen molar-refractivity contribution in [2.24, 2.45) is 0 Å². The Kier molecular flexibility index (Phi) is 4.98. The van der Waals surface area contributed by atoms with Crippen molar-refractivity contribution in [2.75, 3.05) is 0 Å². The zero-order valence-corrected chi connectivity index (χ0v) is 9.72. The first-order valence-corrected chi connectivity index (χ1v) is 4.61. The van der Waals surface area contributed by atoms with Crippen molar-refractivity contribution in [3.05, 3.63) is 0 Å². The van der Waals surface area contributed by atoms with E-state index < -0.39 is 29.0 Å². The van der Waals surface area contributed by atoms with Crippen LogP contribution in [0, 0.1) is 57.6 Å². The summed E-state index contributed by atoms with van der Waals surface area (Å²) in [7, 11) is 0. The summed E-state index contributed by atoms with van der Waals surface area (Å²) in [6, 6.07) is 0. The van der Waals surface area contributed by atoms with Crippen LogP contribution >= 0.6 is 0 Å². The standard InChI is InChI=1S/C10N6O5/c11-1-17-6-7(18-2-12)9(20-4-14)16-10(21-5-15)8(6)19-3-13. The van der Waals surface area contributed by atoms with Crippen LogP contribution in [0.5, 0.6) is 29.0 Å². The maximum Gasteiger partial charge on any atom is 0.294 e. The third-order valence-electron chi connectivity index (χ3n) is 1.73. The molecule has 1 aromatic rings. The van der Waals surface area contributed by atoms with Crippen LogP contribution in [0.3, 0.4) is 0 Å². The van der Waals surface area contributed by atoms with Crippen molar-refractivity contribution >= 4 is 0 Å². The highest BCUT2D eigenvalue weighted by Crippen LogP contribution is 2.48. The number of ether oxygens (including phenoxy) is 5. The van der Waals surface area contributed by atoms with Crippen LogP contribution < -0.4 is 23.7 Å². The first kappa shape index (κ1) is 14.7. The van der Waals surface area contributed by atoms with E-state index in [1.807, 2.05) is 0 Å². The van der Waals surface area contributed by atoms with Crippen LogP contribution in [0.4, 0.5) is 0 Å². The molecule has 0 atom stereocenters. The van der Waals surface area contributed by atoms with E-state index in [1.54, 1.807) is 0 Å². The normalized spacial score (nSPS) is 7.76. The molecule has 1 rings (SSSR count). The van der Waals surface area contributed by atoms with Gasteiger partial charge in [-0.3, -0.25) is 0 Å². The first-order chi connectivity index (χ1) is 10.2. The summed E-state index contributed by atoms with van der Waals surface area (Å²) in [6.07, 6.45) is 6.19. The van der Waals surface area contributed by atoms with Gasteiger partial charge in [-0.25, -0.2) is 0 Å². The van der Waals surface area contributed by atoms with Crippen molar-refractivity contribution in [1.82, 2.24) is 4.98 Å². The molecule has 0 fully saturated rings. The number of hydrogen-bond donors (Lipinski definition) is 0. The zero-order chi connectivity index (χ0) is 15.7. The number of pyridine rings is 1. The third kappa shape index (κ3) is 3.08. The Bertz CT molecular complexity index is 703. The van der Waals surface area contributed by atoms with Crippen molar-refractivity contribution in [2.45, 2.75) is 0 Å². The number of rotatable bonds is 5. The Labute approximate surface area is 116 Å². The molecule has 0 N–H and O–H groups in total. The number of aromatic nitrogens is 1. The Hall–Kier alpha value is -4.40. The summed E-state index contributed by atoms with van der Waals surface area (Å²) >= 11 is 0. The first-order valence-electron chi connectivity index (χ1n) is 4.61. The van der Waals surface area contributed by atoms with Gasteiger partial charge in [0.05, 0.1) is 0 Å². The van der Waals surface area contributed by atoms with Crippen molar-refractivity contribution in [1.29, 1.82) is 26.3 Å². The molecule has 0 bridgehead atoms. The summed E-state index contributed by atoms with van der Waals surface area (Å²) in [5.41, 5.74) is 0. The fourth-order valence-corrected chi connectivity index (χ4v) is 1.13. The average molecular weight is 284 g/mol. The quantitative estimate of drug-likeness (QED) is 0.682. The molecule has 11 heteroatoms. The van der Waals surface area contributed by atoms with E-state index in [0.717, 1.165) is 0 Å². The molecule has 0 amide bonds.